The summed E-state index contributed by atoms with van der Waals surface area (Å²) in [6.45, 7) is 4.87. The molecule has 0 spiro atoms. The van der Waals surface area contributed by atoms with E-state index in [4.69, 9.17) is 4.74 Å². The second-order valence-corrected chi connectivity index (χ2v) is 9.02. The number of fused-ring (bicyclic) bond motifs is 2. The molecule has 11 heteroatoms. The van der Waals surface area contributed by atoms with E-state index in [1.54, 1.807) is 21.6 Å². The van der Waals surface area contributed by atoms with Gasteiger partial charge in [0.1, 0.15) is 6.61 Å². The molecule has 2 N–H and O–H groups in total. The maximum absolute atomic E-state index is 13.5. The first-order valence-corrected chi connectivity index (χ1v) is 11.9. The maximum Gasteiger partial charge on any atom is 0.347 e. The predicted octanol–water partition coefficient (Wildman–Crippen LogP) is 1.56. The molecule has 4 aromatic rings. The first kappa shape index (κ1) is 24.0. The summed E-state index contributed by atoms with van der Waals surface area (Å²) in [5.74, 6) is -0.771. The standard InChI is InChI=1S/C26H26N6O5/c1-16(2)30-11-12-31-18(14-27-24(34)19-9-6-10-32-23(19)28-29-26(32)36)13-20(33)22(21(31)25(30)35)37-15-17-7-4-3-5-8-17/h3-10,13,16H,11-12,14-15H2,1-2H3,(H,27,34)(H,29,36). The summed E-state index contributed by atoms with van der Waals surface area (Å²) < 4.78 is 8.88. The van der Waals surface area contributed by atoms with Crippen LogP contribution in [0.25, 0.3) is 5.65 Å². The quantitative estimate of drug-likeness (QED) is 0.394. The van der Waals surface area contributed by atoms with Crippen molar-refractivity contribution in [2.75, 3.05) is 6.54 Å². The van der Waals surface area contributed by atoms with Gasteiger partial charge in [-0.2, -0.15) is 5.10 Å². The highest BCUT2D eigenvalue weighted by atomic mass is 16.5. The summed E-state index contributed by atoms with van der Waals surface area (Å²) in [5.41, 5.74) is 1.02. The van der Waals surface area contributed by atoms with Gasteiger partial charge in [0.05, 0.1) is 12.1 Å². The Morgan fingerprint density at radius 1 is 1.11 bits per heavy atom. The van der Waals surface area contributed by atoms with Gasteiger partial charge >= 0.3 is 5.69 Å². The number of aromatic amines is 1. The molecule has 0 saturated heterocycles. The zero-order valence-electron chi connectivity index (χ0n) is 20.4. The summed E-state index contributed by atoms with van der Waals surface area (Å²) in [7, 11) is 0. The van der Waals surface area contributed by atoms with E-state index in [-0.39, 0.29) is 47.8 Å². The van der Waals surface area contributed by atoms with Crippen molar-refractivity contribution in [2.24, 2.45) is 0 Å². The van der Waals surface area contributed by atoms with E-state index in [1.165, 1.54) is 16.7 Å². The molecule has 5 rings (SSSR count). The van der Waals surface area contributed by atoms with Gasteiger partial charge in [0.15, 0.2) is 17.1 Å². The van der Waals surface area contributed by atoms with Crippen molar-refractivity contribution in [2.45, 2.75) is 39.6 Å². The SMILES string of the molecule is CC(C)N1CCn2c(CNC(=O)c3cccn4c(=O)[nH]nc34)cc(=O)c(OCc3ccccc3)c2C1=O. The average Bonchev–Trinajstić information content (AvgIpc) is 3.28. The Morgan fingerprint density at radius 3 is 2.65 bits per heavy atom. The van der Waals surface area contributed by atoms with Crippen LogP contribution >= 0.6 is 0 Å². The van der Waals surface area contributed by atoms with E-state index >= 15 is 0 Å². The third-order valence-corrected chi connectivity index (χ3v) is 6.35. The van der Waals surface area contributed by atoms with Crippen LogP contribution < -0.4 is 21.2 Å². The van der Waals surface area contributed by atoms with Crippen molar-refractivity contribution in [1.29, 1.82) is 0 Å². The number of pyridine rings is 2. The number of nitrogens with zero attached hydrogens (tertiary/aromatic N) is 4. The van der Waals surface area contributed by atoms with Gasteiger partial charge in [0, 0.05) is 37.1 Å². The van der Waals surface area contributed by atoms with E-state index < -0.39 is 17.0 Å². The number of carbonyl (C=O) groups excluding carboxylic acids is 2. The van der Waals surface area contributed by atoms with Gasteiger partial charge in [-0.3, -0.25) is 14.4 Å². The summed E-state index contributed by atoms with van der Waals surface area (Å²) >= 11 is 0. The van der Waals surface area contributed by atoms with Gasteiger partial charge in [-0.1, -0.05) is 30.3 Å². The molecule has 11 nitrogen and oxygen atoms in total. The van der Waals surface area contributed by atoms with Crippen molar-refractivity contribution < 1.29 is 14.3 Å². The Labute approximate surface area is 211 Å². The molecule has 0 atom stereocenters. The maximum atomic E-state index is 13.5. The molecule has 37 heavy (non-hydrogen) atoms. The number of carbonyl (C=O) groups is 2. The van der Waals surface area contributed by atoms with Gasteiger partial charge in [0.25, 0.3) is 11.8 Å². The second kappa shape index (κ2) is 9.76. The Balaban J connectivity index is 1.47. The molecule has 4 heterocycles. The van der Waals surface area contributed by atoms with Crippen LogP contribution in [0.2, 0.25) is 0 Å². The minimum absolute atomic E-state index is 0.00468. The molecule has 1 aliphatic rings. The smallest absolute Gasteiger partial charge is 0.347 e. The third kappa shape index (κ3) is 4.51. The molecular weight excluding hydrogens is 476 g/mol. The number of nitrogens with one attached hydrogen (secondary N) is 2. The normalized spacial score (nSPS) is 13.2. The van der Waals surface area contributed by atoms with Gasteiger partial charge in [-0.25, -0.2) is 14.3 Å². The first-order chi connectivity index (χ1) is 17.8. The lowest BCUT2D eigenvalue weighted by atomic mass is 10.1. The van der Waals surface area contributed by atoms with Crippen molar-refractivity contribution >= 4 is 17.5 Å². The molecule has 0 fully saturated rings. The lowest BCUT2D eigenvalue weighted by Crippen LogP contribution is -2.46. The zero-order valence-corrected chi connectivity index (χ0v) is 20.4. The number of aromatic nitrogens is 4. The van der Waals surface area contributed by atoms with Gasteiger partial charge < -0.3 is 19.5 Å². The highest BCUT2D eigenvalue weighted by molar-refractivity contribution is 5.99. The largest absolute Gasteiger partial charge is 0.483 e. The molecule has 0 saturated carbocycles. The molecule has 0 unspecified atom stereocenters. The van der Waals surface area contributed by atoms with Gasteiger partial charge in [-0.05, 0) is 31.5 Å². The molecular formula is C26H26N6O5. The van der Waals surface area contributed by atoms with Crippen LogP contribution in [0.5, 0.6) is 5.75 Å². The molecule has 190 valence electrons. The van der Waals surface area contributed by atoms with Crippen molar-refractivity contribution in [1.82, 2.24) is 29.4 Å². The Morgan fingerprint density at radius 2 is 1.89 bits per heavy atom. The molecule has 0 aliphatic carbocycles. The number of hydrogen-bond donors (Lipinski definition) is 2. The topological polar surface area (TPSA) is 131 Å². The highest BCUT2D eigenvalue weighted by Crippen LogP contribution is 2.24. The summed E-state index contributed by atoms with van der Waals surface area (Å²) in [6, 6.07) is 13.9. The fourth-order valence-corrected chi connectivity index (χ4v) is 4.48. The van der Waals surface area contributed by atoms with Crippen molar-refractivity contribution in [3.8, 4) is 5.75 Å². The highest BCUT2D eigenvalue weighted by Gasteiger charge is 2.32. The minimum Gasteiger partial charge on any atom is -0.483 e. The lowest BCUT2D eigenvalue weighted by molar-refractivity contribution is 0.0636. The summed E-state index contributed by atoms with van der Waals surface area (Å²) in [5, 5.41) is 9.02. The average molecular weight is 503 g/mol. The molecule has 2 amide bonds. The Hall–Kier alpha value is -4.67. The fraction of sp³-hybridized carbons (Fsp3) is 0.269. The van der Waals surface area contributed by atoms with E-state index in [0.29, 0.717) is 18.8 Å². The van der Waals surface area contributed by atoms with Crippen LogP contribution in [0.3, 0.4) is 0 Å². The number of rotatable bonds is 7. The fourth-order valence-electron chi connectivity index (χ4n) is 4.48. The van der Waals surface area contributed by atoms with Crippen LogP contribution in [0.1, 0.15) is 46.0 Å². The van der Waals surface area contributed by atoms with E-state index in [2.05, 4.69) is 15.5 Å². The van der Waals surface area contributed by atoms with E-state index in [1.807, 2.05) is 44.2 Å². The number of H-pyrrole nitrogens is 1. The minimum atomic E-state index is -0.471. The number of ether oxygens (including phenoxy) is 1. The zero-order chi connectivity index (χ0) is 26.1. The molecule has 3 aromatic heterocycles. The number of amides is 2. The first-order valence-electron chi connectivity index (χ1n) is 11.9. The second-order valence-electron chi connectivity index (χ2n) is 9.02. The Bertz CT molecular complexity index is 1600. The molecule has 1 aliphatic heterocycles. The molecule has 0 bridgehead atoms. The van der Waals surface area contributed by atoms with Gasteiger partial charge in [-0.15, -0.1) is 0 Å². The van der Waals surface area contributed by atoms with E-state index in [0.717, 1.165) is 5.56 Å². The summed E-state index contributed by atoms with van der Waals surface area (Å²) in [6.07, 6.45) is 1.51. The van der Waals surface area contributed by atoms with Crippen LogP contribution in [0.15, 0.2) is 64.3 Å². The number of benzene rings is 1. The lowest BCUT2D eigenvalue weighted by Gasteiger charge is -2.35. The monoisotopic (exact) mass is 502 g/mol. The predicted molar refractivity (Wildman–Crippen MR) is 135 cm³/mol. The molecule has 0 radical (unpaired) electrons. The Kier molecular flexibility index (Phi) is 6.34. The van der Waals surface area contributed by atoms with Crippen LogP contribution in [-0.4, -0.2) is 48.5 Å². The van der Waals surface area contributed by atoms with Gasteiger partial charge in [0.2, 0.25) is 5.43 Å². The third-order valence-electron chi connectivity index (χ3n) is 6.35. The van der Waals surface area contributed by atoms with Crippen molar-refractivity contribution in [3.63, 3.8) is 0 Å². The molecule has 1 aromatic carbocycles. The van der Waals surface area contributed by atoms with Crippen molar-refractivity contribution in [3.05, 3.63) is 98.0 Å². The number of hydrogen-bond acceptors (Lipinski definition) is 6. The van der Waals surface area contributed by atoms with Crippen LogP contribution in [0, 0.1) is 0 Å². The summed E-state index contributed by atoms with van der Waals surface area (Å²) in [4.78, 5) is 53.1. The van der Waals surface area contributed by atoms with E-state index in [9.17, 15) is 19.2 Å². The van der Waals surface area contributed by atoms with Crippen LogP contribution in [0.4, 0.5) is 0 Å². The van der Waals surface area contributed by atoms with Crippen LogP contribution in [-0.2, 0) is 19.7 Å².